The number of benzene rings is 2. The first kappa shape index (κ1) is 39.0. The Labute approximate surface area is 295 Å². The van der Waals surface area contributed by atoms with Crippen LogP contribution in [0.15, 0.2) is 54.6 Å². The summed E-state index contributed by atoms with van der Waals surface area (Å²) in [5.74, 6) is -2.08. The molecule has 2 aliphatic rings. The van der Waals surface area contributed by atoms with Crippen LogP contribution in [0.4, 0.5) is 4.39 Å². The number of carbonyl (C=O) groups excluding carboxylic acids is 4. The number of nitrogens with one attached hydrogen (secondary N) is 1. The molecule has 0 spiro atoms. The van der Waals surface area contributed by atoms with Crippen LogP contribution in [-0.4, -0.2) is 86.0 Å². The van der Waals surface area contributed by atoms with E-state index < -0.39 is 53.8 Å². The third kappa shape index (κ3) is 12.2. The SMILES string of the molecule is CN[C@@H](CCC(C)(C)F)C(=O)O[C@H](Cc1ccc(C2CCOCC2)cc1)C(=O)N(C)[C@@H](CC1CC1)C(=O)O[C@H](C)C(=O)OCc1ccccc1. The first-order chi connectivity index (χ1) is 23.8. The van der Waals surface area contributed by atoms with E-state index in [1.807, 2.05) is 54.6 Å². The number of rotatable bonds is 18. The molecule has 0 unspecified atom stereocenters. The minimum Gasteiger partial charge on any atom is -0.458 e. The van der Waals surface area contributed by atoms with E-state index in [-0.39, 0.29) is 31.8 Å². The van der Waals surface area contributed by atoms with E-state index in [2.05, 4.69) is 5.32 Å². The molecule has 10 nitrogen and oxygen atoms in total. The van der Waals surface area contributed by atoms with E-state index in [4.69, 9.17) is 18.9 Å². The van der Waals surface area contributed by atoms with Crippen LogP contribution < -0.4 is 5.32 Å². The summed E-state index contributed by atoms with van der Waals surface area (Å²) in [5.41, 5.74) is 1.27. The molecule has 1 aliphatic heterocycles. The minimum atomic E-state index is -1.49. The van der Waals surface area contributed by atoms with E-state index in [0.717, 1.165) is 50.0 Å². The lowest BCUT2D eigenvalue weighted by atomic mass is 9.90. The molecule has 2 fully saturated rings. The predicted molar refractivity (Wildman–Crippen MR) is 186 cm³/mol. The fourth-order valence-corrected chi connectivity index (χ4v) is 6.05. The van der Waals surface area contributed by atoms with Crippen molar-refractivity contribution in [2.45, 2.75) is 115 Å². The van der Waals surface area contributed by atoms with E-state index in [0.29, 0.717) is 12.3 Å². The van der Waals surface area contributed by atoms with Crippen molar-refractivity contribution in [2.24, 2.45) is 5.92 Å². The molecule has 1 aliphatic carbocycles. The topological polar surface area (TPSA) is 120 Å². The quantitative estimate of drug-likeness (QED) is 0.160. The number of halogens is 1. The average Bonchev–Trinajstić information content (AvgIpc) is 3.94. The number of amides is 1. The van der Waals surface area contributed by atoms with Crippen LogP contribution in [0.1, 0.15) is 88.3 Å². The molecule has 1 amide bonds. The molecule has 0 aromatic heterocycles. The lowest BCUT2D eigenvalue weighted by molar-refractivity contribution is -0.173. The second-order valence-electron chi connectivity index (χ2n) is 14.2. The fourth-order valence-electron chi connectivity index (χ4n) is 6.05. The van der Waals surface area contributed by atoms with Gasteiger partial charge in [-0.25, -0.2) is 14.0 Å². The highest BCUT2D eigenvalue weighted by atomic mass is 19.1. The van der Waals surface area contributed by atoms with Crippen molar-refractivity contribution in [1.82, 2.24) is 10.2 Å². The summed E-state index contributed by atoms with van der Waals surface area (Å²) in [6.45, 7) is 5.79. The average molecular weight is 697 g/mol. The Hall–Kier alpha value is -3.83. The second-order valence-corrected chi connectivity index (χ2v) is 14.2. The number of likely N-dealkylation sites (N-methyl/N-ethyl adjacent to an activating group) is 2. The summed E-state index contributed by atoms with van der Waals surface area (Å²) in [7, 11) is 3.08. The van der Waals surface area contributed by atoms with Crippen molar-refractivity contribution >= 4 is 23.8 Å². The summed E-state index contributed by atoms with van der Waals surface area (Å²) >= 11 is 0. The molecule has 1 saturated heterocycles. The smallest absolute Gasteiger partial charge is 0.347 e. The number of carbonyl (C=O) groups is 4. The van der Waals surface area contributed by atoms with Gasteiger partial charge in [-0.05, 0) is 88.4 Å². The number of nitrogens with zero attached hydrogens (tertiary/aromatic N) is 1. The van der Waals surface area contributed by atoms with Crippen molar-refractivity contribution in [3.8, 4) is 0 Å². The Morgan fingerprint density at radius 2 is 1.58 bits per heavy atom. The van der Waals surface area contributed by atoms with Gasteiger partial charge in [0.1, 0.15) is 24.4 Å². The Bertz CT molecular complexity index is 1400. The molecule has 2 aromatic rings. The molecule has 1 heterocycles. The summed E-state index contributed by atoms with van der Waals surface area (Å²) in [6, 6.07) is 15.2. The maximum atomic E-state index is 14.3. The highest BCUT2D eigenvalue weighted by Crippen LogP contribution is 2.35. The second kappa shape index (κ2) is 18.4. The van der Waals surface area contributed by atoms with Gasteiger partial charge in [-0.1, -0.05) is 67.4 Å². The molecule has 0 bridgehead atoms. The molecule has 50 heavy (non-hydrogen) atoms. The Morgan fingerprint density at radius 1 is 0.920 bits per heavy atom. The maximum Gasteiger partial charge on any atom is 0.347 e. The number of esters is 3. The lowest BCUT2D eigenvalue weighted by Crippen LogP contribution is -2.51. The molecule has 1 saturated carbocycles. The van der Waals surface area contributed by atoms with Crippen LogP contribution in [0.2, 0.25) is 0 Å². The van der Waals surface area contributed by atoms with Gasteiger partial charge in [-0.2, -0.15) is 0 Å². The third-order valence-corrected chi connectivity index (χ3v) is 9.48. The van der Waals surface area contributed by atoms with Crippen molar-refractivity contribution in [3.05, 3.63) is 71.3 Å². The normalized spacial score (nSPS) is 17.6. The highest BCUT2D eigenvalue weighted by molar-refractivity contribution is 5.90. The number of hydrogen-bond acceptors (Lipinski definition) is 9. The first-order valence-corrected chi connectivity index (χ1v) is 17.8. The molecule has 4 atom stereocenters. The van der Waals surface area contributed by atoms with Crippen LogP contribution in [-0.2, 0) is 51.2 Å². The molecule has 0 radical (unpaired) electrons. The third-order valence-electron chi connectivity index (χ3n) is 9.48. The van der Waals surface area contributed by atoms with Crippen LogP contribution in [0, 0.1) is 5.92 Å². The van der Waals surface area contributed by atoms with Gasteiger partial charge < -0.3 is 29.2 Å². The van der Waals surface area contributed by atoms with Gasteiger partial charge in [0.05, 0.1) is 0 Å². The zero-order valence-electron chi connectivity index (χ0n) is 30.0. The van der Waals surface area contributed by atoms with Gasteiger partial charge in [-0.3, -0.25) is 9.59 Å². The van der Waals surface area contributed by atoms with Crippen LogP contribution >= 0.6 is 0 Å². The van der Waals surface area contributed by atoms with Crippen molar-refractivity contribution in [3.63, 3.8) is 0 Å². The van der Waals surface area contributed by atoms with Gasteiger partial charge >= 0.3 is 17.9 Å². The molecular formula is C39H53FN2O8. The van der Waals surface area contributed by atoms with Gasteiger partial charge in [0.25, 0.3) is 5.91 Å². The lowest BCUT2D eigenvalue weighted by Gasteiger charge is -2.31. The maximum absolute atomic E-state index is 14.3. The Kier molecular flexibility index (Phi) is 14.4. The van der Waals surface area contributed by atoms with Gasteiger partial charge in [-0.15, -0.1) is 0 Å². The van der Waals surface area contributed by atoms with E-state index in [9.17, 15) is 23.6 Å². The molecular weight excluding hydrogens is 643 g/mol. The first-order valence-electron chi connectivity index (χ1n) is 17.8. The van der Waals surface area contributed by atoms with Crippen molar-refractivity contribution in [2.75, 3.05) is 27.3 Å². The molecule has 274 valence electrons. The van der Waals surface area contributed by atoms with E-state index in [1.54, 1.807) is 7.05 Å². The molecule has 2 aromatic carbocycles. The largest absolute Gasteiger partial charge is 0.458 e. The predicted octanol–water partition coefficient (Wildman–Crippen LogP) is 5.45. The number of ether oxygens (including phenoxy) is 4. The zero-order chi connectivity index (χ0) is 36.3. The Morgan fingerprint density at radius 3 is 2.18 bits per heavy atom. The highest BCUT2D eigenvalue weighted by Gasteiger charge is 2.40. The summed E-state index contributed by atoms with van der Waals surface area (Å²) in [5, 5.41) is 2.89. The van der Waals surface area contributed by atoms with Gasteiger partial charge in [0, 0.05) is 26.7 Å². The van der Waals surface area contributed by atoms with Crippen LogP contribution in [0.25, 0.3) is 0 Å². The van der Waals surface area contributed by atoms with Crippen LogP contribution in [0.5, 0.6) is 0 Å². The molecule has 1 N–H and O–H groups in total. The van der Waals surface area contributed by atoms with Crippen LogP contribution in [0.3, 0.4) is 0 Å². The molecule has 11 heteroatoms. The van der Waals surface area contributed by atoms with Gasteiger partial charge in [0.2, 0.25) is 0 Å². The monoisotopic (exact) mass is 696 g/mol. The minimum absolute atomic E-state index is 0.0327. The Balaban J connectivity index is 1.49. The summed E-state index contributed by atoms with van der Waals surface area (Å²) in [4.78, 5) is 55.2. The zero-order valence-corrected chi connectivity index (χ0v) is 30.0. The van der Waals surface area contributed by atoms with Gasteiger partial charge in [0.15, 0.2) is 12.2 Å². The van der Waals surface area contributed by atoms with Crippen molar-refractivity contribution < 1.29 is 42.5 Å². The van der Waals surface area contributed by atoms with E-state index in [1.165, 1.54) is 38.3 Å². The number of alkyl halides is 1. The number of hydrogen-bond donors (Lipinski definition) is 1. The fraction of sp³-hybridized carbons (Fsp3) is 0.590. The van der Waals surface area contributed by atoms with Crippen molar-refractivity contribution in [1.29, 1.82) is 0 Å². The summed E-state index contributed by atoms with van der Waals surface area (Å²) < 4.78 is 36.6. The molecule has 4 rings (SSSR count). The van der Waals surface area contributed by atoms with E-state index >= 15 is 0 Å². The standard InChI is InChI=1S/C39H53FN2O8/c1-26(36(44)48-25-29-9-7-6-8-10-29)49-38(46)33(23-27-11-12-27)42(5)35(43)34(50-37(45)32(41-4)17-20-39(2,3)40)24-28-13-15-30(16-14-28)31-18-21-47-22-19-31/h6-10,13-16,26-27,31-34,41H,11-12,17-25H2,1-5H3/t26-,32+,33+,34-/m1/s1. The summed E-state index contributed by atoms with van der Waals surface area (Å²) in [6.07, 6.45) is 1.93.